The molecule has 1 heterocycles. The Balaban J connectivity index is 2.30. The van der Waals surface area contributed by atoms with Crippen LogP contribution in [0.25, 0.3) is 0 Å². The first-order valence-electron chi connectivity index (χ1n) is 5.83. The predicted octanol–water partition coefficient (Wildman–Crippen LogP) is 1.78. The molecule has 1 N–H and O–H groups in total. The number of rotatable bonds is 7. The van der Waals surface area contributed by atoms with Crippen molar-refractivity contribution in [2.45, 2.75) is 26.3 Å². The summed E-state index contributed by atoms with van der Waals surface area (Å²) in [5.74, 6) is 0. The van der Waals surface area contributed by atoms with Gasteiger partial charge in [-0.15, -0.1) is 0 Å². The highest BCUT2D eigenvalue weighted by Gasteiger charge is 2.00. The van der Waals surface area contributed by atoms with Crippen LogP contribution in [0, 0.1) is 18.3 Å². The van der Waals surface area contributed by atoms with E-state index in [1.54, 1.807) is 7.11 Å². The molecule has 1 aromatic heterocycles. The molecule has 0 saturated heterocycles. The standard InChI is InChI=1S/C13H19N3O/c1-11-13(8-14)7-12(10-16-11)9-15-5-3-4-6-17-2/h7,10,15H,3-6,9H2,1-2H3. The third kappa shape index (κ3) is 4.94. The highest BCUT2D eigenvalue weighted by atomic mass is 16.5. The molecule has 0 aliphatic carbocycles. The molecule has 1 rings (SSSR count). The molecule has 0 bridgehead atoms. The van der Waals surface area contributed by atoms with Crippen LogP contribution in [-0.4, -0.2) is 25.2 Å². The second-order valence-electron chi connectivity index (χ2n) is 3.97. The molecule has 0 aliphatic rings. The van der Waals surface area contributed by atoms with Crippen molar-refractivity contribution in [3.63, 3.8) is 0 Å². The van der Waals surface area contributed by atoms with E-state index in [0.29, 0.717) is 5.56 Å². The summed E-state index contributed by atoms with van der Waals surface area (Å²) < 4.78 is 4.98. The van der Waals surface area contributed by atoms with Crippen molar-refractivity contribution in [1.82, 2.24) is 10.3 Å². The Bertz CT molecular complexity index is 385. The number of aryl methyl sites for hydroxylation is 1. The molecule has 17 heavy (non-hydrogen) atoms. The van der Waals surface area contributed by atoms with Crippen molar-refractivity contribution in [2.75, 3.05) is 20.3 Å². The number of hydrogen-bond acceptors (Lipinski definition) is 4. The summed E-state index contributed by atoms with van der Waals surface area (Å²) >= 11 is 0. The van der Waals surface area contributed by atoms with E-state index in [9.17, 15) is 0 Å². The Morgan fingerprint density at radius 2 is 2.29 bits per heavy atom. The van der Waals surface area contributed by atoms with Crippen LogP contribution in [0.4, 0.5) is 0 Å². The molecule has 0 fully saturated rings. The number of nitrogens with one attached hydrogen (secondary N) is 1. The van der Waals surface area contributed by atoms with Gasteiger partial charge in [0.05, 0.1) is 11.3 Å². The maximum atomic E-state index is 8.89. The molecule has 0 spiro atoms. The third-order valence-corrected chi connectivity index (χ3v) is 2.55. The van der Waals surface area contributed by atoms with Gasteiger partial charge in [-0.05, 0) is 37.9 Å². The average molecular weight is 233 g/mol. The van der Waals surface area contributed by atoms with E-state index in [-0.39, 0.29) is 0 Å². The summed E-state index contributed by atoms with van der Waals surface area (Å²) in [5.41, 5.74) is 2.50. The van der Waals surface area contributed by atoms with Gasteiger partial charge < -0.3 is 10.1 Å². The number of hydrogen-bond donors (Lipinski definition) is 1. The Kier molecular flexibility index (Phi) is 6.23. The number of aromatic nitrogens is 1. The van der Waals surface area contributed by atoms with Gasteiger partial charge in [-0.1, -0.05) is 0 Å². The van der Waals surface area contributed by atoms with Crippen LogP contribution >= 0.6 is 0 Å². The lowest BCUT2D eigenvalue weighted by Gasteiger charge is -2.05. The molecule has 4 heteroatoms. The van der Waals surface area contributed by atoms with Crippen LogP contribution in [0.2, 0.25) is 0 Å². The number of pyridine rings is 1. The van der Waals surface area contributed by atoms with E-state index in [1.807, 2.05) is 19.2 Å². The van der Waals surface area contributed by atoms with Crippen molar-refractivity contribution >= 4 is 0 Å². The van der Waals surface area contributed by atoms with Gasteiger partial charge in [-0.25, -0.2) is 0 Å². The highest BCUT2D eigenvalue weighted by Crippen LogP contribution is 2.06. The lowest BCUT2D eigenvalue weighted by Crippen LogP contribution is -2.15. The van der Waals surface area contributed by atoms with E-state index in [0.717, 1.165) is 43.8 Å². The van der Waals surface area contributed by atoms with Crippen LogP contribution in [0.3, 0.4) is 0 Å². The van der Waals surface area contributed by atoms with E-state index >= 15 is 0 Å². The van der Waals surface area contributed by atoms with E-state index in [1.165, 1.54) is 0 Å². The topological polar surface area (TPSA) is 57.9 Å². The molecule has 0 atom stereocenters. The van der Waals surface area contributed by atoms with Crippen LogP contribution in [0.15, 0.2) is 12.3 Å². The summed E-state index contributed by atoms with van der Waals surface area (Å²) in [6, 6.07) is 4.04. The van der Waals surface area contributed by atoms with Crippen molar-refractivity contribution in [3.8, 4) is 6.07 Å². The number of ether oxygens (including phenoxy) is 1. The van der Waals surface area contributed by atoms with Gasteiger partial charge in [0.1, 0.15) is 6.07 Å². The highest BCUT2D eigenvalue weighted by molar-refractivity contribution is 5.34. The quantitative estimate of drug-likeness (QED) is 0.729. The fourth-order valence-corrected chi connectivity index (χ4v) is 1.52. The van der Waals surface area contributed by atoms with Crippen molar-refractivity contribution in [3.05, 3.63) is 29.1 Å². The Morgan fingerprint density at radius 3 is 3.00 bits per heavy atom. The Morgan fingerprint density at radius 1 is 1.47 bits per heavy atom. The first-order chi connectivity index (χ1) is 8.27. The normalized spacial score (nSPS) is 10.2. The van der Waals surface area contributed by atoms with Gasteiger partial charge in [-0.3, -0.25) is 4.98 Å². The summed E-state index contributed by atoms with van der Waals surface area (Å²) in [7, 11) is 1.72. The minimum atomic E-state index is 0.656. The van der Waals surface area contributed by atoms with Gasteiger partial charge in [0.25, 0.3) is 0 Å². The molecule has 1 aromatic rings. The first kappa shape index (κ1) is 13.6. The van der Waals surface area contributed by atoms with Crippen LogP contribution in [0.5, 0.6) is 0 Å². The molecule has 0 aromatic carbocycles. The van der Waals surface area contributed by atoms with Gasteiger partial charge in [0, 0.05) is 26.5 Å². The van der Waals surface area contributed by atoms with Gasteiger partial charge in [0.2, 0.25) is 0 Å². The van der Waals surface area contributed by atoms with Crippen molar-refractivity contribution < 1.29 is 4.74 Å². The number of methoxy groups -OCH3 is 1. The second-order valence-corrected chi connectivity index (χ2v) is 3.97. The molecule has 4 nitrogen and oxygen atoms in total. The third-order valence-electron chi connectivity index (χ3n) is 2.55. The lowest BCUT2D eigenvalue weighted by molar-refractivity contribution is 0.192. The predicted molar refractivity (Wildman–Crippen MR) is 66.5 cm³/mol. The molecular weight excluding hydrogens is 214 g/mol. The molecule has 0 unspecified atom stereocenters. The molecule has 92 valence electrons. The summed E-state index contributed by atoms with van der Waals surface area (Å²) in [6.07, 6.45) is 3.98. The lowest BCUT2D eigenvalue weighted by atomic mass is 10.1. The number of nitrogens with zero attached hydrogens (tertiary/aromatic N) is 2. The Labute approximate surface area is 103 Å². The minimum Gasteiger partial charge on any atom is -0.385 e. The maximum absolute atomic E-state index is 8.89. The van der Waals surface area contributed by atoms with E-state index < -0.39 is 0 Å². The van der Waals surface area contributed by atoms with Crippen molar-refractivity contribution in [2.24, 2.45) is 0 Å². The zero-order valence-electron chi connectivity index (χ0n) is 10.5. The number of nitriles is 1. The molecular formula is C13H19N3O. The zero-order chi connectivity index (χ0) is 12.5. The number of unbranched alkanes of at least 4 members (excludes halogenated alkanes) is 1. The maximum Gasteiger partial charge on any atom is 0.101 e. The minimum absolute atomic E-state index is 0.656. The SMILES string of the molecule is COCCCCNCc1cnc(C)c(C#N)c1. The summed E-state index contributed by atoms with van der Waals surface area (Å²) in [5, 5.41) is 12.2. The largest absolute Gasteiger partial charge is 0.385 e. The molecule has 0 amide bonds. The first-order valence-corrected chi connectivity index (χ1v) is 5.83. The summed E-state index contributed by atoms with van der Waals surface area (Å²) in [6.45, 7) is 4.38. The van der Waals surface area contributed by atoms with Crippen LogP contribution in [-0.2, 0) is 11.3 Å². The van der Waals surface area contributed by atoms with E-state index in [4.69, 9.17) is 10.00 Å². The smallest absolute Gasteiger partial charge is 0.101 e. The van der Waals surface area contributed by atoms with Gasteiger partial charge in [0.15, 0.2) is 0 Å². The van der Waals surface area contributed by atoms with Crippen molar-refractivity contribution in [1.29, 1.82) is 5.26 Å². The van der Waals surface area contributed by atoms with Crippen LogP contribution in [0.1, 0.15) is 29.7 Å². The van der Waals surface area contributed by atoms with Gasteiger partial charge >= 0.3 is 0 Å². The molecule has 0 aliphatic heterocycles. The second kappa shape index (κ2) is 7.77. The fourth-order valence-electron chi connectivity index (χ4n) is 1.52. The summed E-state index contributed by atoms with van der Waals surface area (Å²) in [4.78, 5) is 4.20. The Hall–Kier alpha value is -1.44. The van der Waals surface area contributed by atoms with Crippen LogP contribution < -0.4 is 5.32 Å². The fraction of sp³-hybridized carbons (Fsp3) is 0.538. The monoisotopic (exact) mass is 233 g/mol. The average Bonchev–Trinajstić information content (AvgIpc) is 2.35. The zero-order valence-corrected chi connectivity index (χ0v) is 10.5. The molecule has 0 radical (unpaired) electrons. The van der Waals surface area contributed by atoms with E-state index in [2.05, 4.69) is 16.4 Å². The molecule has 0 saturated carbocycles. The van der Waals surface area contributed by atoms with Gasteiger partial charge in [-0.2, -0.15) is 5.26 Å².